The average molecular weight is 321 g/mol. The number of Topliss-reactive ketones (excluding diaryl/α,β-unsaturated/α-hetero) is 1. The smallest absolute Gasteiger partial charge is 0.167 e. The lowest BCUT2D eigenvalue weighted by Crippen LogP contribution is -2.07. The van der Waals surface area contributed by atoms with Crippen LogP contribution in [0.5, 0.6) is 0 Å². The van der Waals surface area contributed by atoms with Gasteiger partial charge in [0.25, 0.3) is 0 Å². The van der Waals surface area contributed by atoms with Crippen molar-refractivity contribution in [2.24, 2.45) is 0 Å². The van der Waals surface area contributed by atoms with Crippen molar-refractivity contribution in [2.75, 3.05) is 0 Å². The van der Waals surface area contributed by atoms with Gasteiger partial charge >= 0.3 is 0 Å². The largest absolute Gasteiger partial charge is 0.294 e. The SMILES string of the molecule is Cc1ccc(F)cc1CC(=O)c1ccc(Br)cc1C. The highest BCUT2D eigenvalue weighted by Gasteiger charge is 2.12. The van der Waals surface area contributed by atoms with Crippen molar-refractivity contribution < 1.29 is 9.18 Å². The molecule has 0 radical (unpaired) electrons. The van der Waals surface area contributed by atoms with Crippen LogP contribution in [0.2, 0.25) is 0 Å². The fraction of sp³-hybridized carbons (Fsp3) is 0.188. The van der Waals surface area contributed by atoms with Crippen LogP contribution in [0.1, 0.15) is 27.0 Å². The molecule has 0 heterocycles. The van der Waals surface area contributed by atoms with Crippen LogP contribution in [0.3, 0.4) is 0 Å². The molecule has 0 N–H and O–H groups in total. The Bertz CT molecular complexity index is 635. The van der Waals surface area contributed by atoms with Crippen LogP contribution in [0.4, 0.5) is 4.39 Å². The molecule has 0 spiro atoms. The third-order valence-corrected chi connectivity index (χ3v) is 3.64. The van der Waals surface area contributed by atoms with Gasteiger partial charge in [-0.05, 0) is 54.8 Å². The van der Waals surface area contributed by atoms with Gasteiger partial charge in [-0.1, -0.05) is 28.1 Å². The molecule has 19 heavy (non-hydrogen) atoms. The standard InChI is InChI=1S/C16H14BrFO/c1-10-3-5-14(18)8-12(10)9-16(19)15-6-4-13(17)7-11(15)2/h3-8H,9H2,1-2H3. The second kappa shape index (κ2) is 5.66. The normalized spacial score (nSPS) is 10.5. The highest BCUT2D eigenvalue weighted by atomic mass is 79.9. The van der Waals surface area contributed by atoms with Gasteiger partial charge in [-0.15, -0.1) is 0 Å². The van der Waals surface area contributed by atoms with Crippen molar-refractivity contribution in [1.82, 2.24) is 0 Å². The van der Waals surface area contributed by atoms with Crippen LogP contribution in [0.15, 0.2) is 40.9 Å². The summed E-state index contributed by atoms with van der Waals surface area (Å²) in [6.45, 7) is 3.78. The molecule has 2 rings (SSSR count). The van der Waals surface area contributed by atoms with Gasteiger partial charge in [-0.3, -0.25) is 4.79 Å². The molecule has 0 saturated carbocycles. The minimum Gasteiger partial charge on any atom is -0.294 e. The van der Waals surface area contributed by atoms with Gasteiger partial charge in [0.2, 0.25) is 0 Å². The summed E-state index contributed by atoms with van der Waals surface area (Å²) in [5.41, 5.74) is 3.29. The maximum Gasteiger partial charge on any atom is 0.167 e. The first-order valence-electron chi connectivity index (χ1n) is 6.02. The molecule has 0 fully saturated rings. The zero-order valence-corrected chi connectivity index (χ0v) is 12.4. The second-order valence-electron chi connectivity index (χ2n) is 4.63. The van der Waals surface area contributed by atoms with Gasteiger partial charge in [0.05, 0.1) is 0 Å². The zero-order chi connectivity index (χ0) is 14.0. The molecule has 0 amide bonds. The fourth-order valence-corrected chi connectivity index (χ4v) is 2.51. The van der Waals surface area contributed by atoms with E-state index in [1.54, 1.807) is 12.1 Å². The number of rotatable bonds is 3. The molecule has 0 unspecified atom stereocenters. The molecule has 98 valence electrons. The first kappa shape index (κ1) is 13.9. The van der Waals surface area contributed by atoms with Gasteiger partial charge in [0.15, 0.2) is 5.78 Å². The molecule has 2 aromatic rings. The van der Waals surface area contributed by atoms with Gasteiger partial charge in [-0.2, -0.15) is 0 Å². The van der Waals surface area contributed by atoms with E-state index in [0.717, 1.165) is 21.2 Å². The minimum atomic E-state index is -0.305. The molecular formula is C16H14BrFO. The Morgan fingerprint density at radius 1 is 1.11 bits per heavy atom. The Balaban J connectivity index is 2.28. The number of carbonyl (C=O) groups excluding carboxylic acids is 1. The molecule has 2 aromatic carbocycles. The summed E-state index contributed by atoms with van der Waals surface area (Å²) in [5, 5.41) is 0. The maximum absolute atomic E-state index is 13.2. The van der Waals surface area contributed by atoms with E-state index >= 15 is 0 Å². The molecular weight excluding hydrogens is 307 g/mol. The molecule has 0 aliphatic heterocycles. The van der Waals surface area contributed by atoms with E-state index in [1.807, 2.05) is 26.0 Å². The van der Waals surface area contributed by atoms with Crippen molar-refractivity contribution in [2.45, 2.75) is 20.3 Å². The summed E-state index contributed by atoms with van der Waals surface area (Å²) >= 11 is 3.37. The number of hydrogen-bond donors (Lipinski definition) is 0. The summed E-state index contributed by atoms with van der Waals surface area (Å²) in [6, 6.07) is 10.1. The maximum atomic E-state index is 13.2. The predicted octanol–water partition coefficient (Wildman–Crippen LogP) is 4.63. The highest BCUT2D eigenvalue weighted by molar-refractivity contribution is 9.10. The summed E-state index contributed by atoms with van der Waals surface area (Å²) in [5.74, 6) is -0.292. The van der Waals surface area contributed by atoms with Gasteiger partial charge < -0.3 is 0 Å². The van der Waals surface area contributed by atoms with Crippen LogP contribution in [-0.4, -0.2) is 5.78 Å². The van der Waals surface area contributed by atoms with E-state index in [9.17, 15) is 9.18 Å². The van der Waals surface area contributed by atoms with Gasteiger partial charge in [0, 0.05) is 16.5 Å². The summed E-state index contributed by atoms with van der Waals surface area (Å²) in [4.78, 5) is 12.3. The van der Waals surface area contributed by atoms with Crippen LogP contribution >= 0.6 is 15.9 Å². The van der Waals surface area contributed by atoms with Gasteiger partial charge in [-0.25, -0.2) is 4.39 Å². The predicted molar refractivity (Wildman–Crippen MR) is 78.1 cm³/mol. The highest BCUT2D eigenvalue weighted by Crippen LogP contribution is 2.19. The molecule has 0 aliphatic rings. The van der Waals surface area contributed by atoms with Crippen molar-refractivity contribution in [3.63, 3.8) is 0 Å². The summed E-state index contributed by atoms with van der Waals surface area (Å²) in [7, 11) is 0. The number of halogens is 2. The van der Waals surface area contributed by atoms with Crippen LogP contribution < -0.4 is 0 Å². The van der Waals surface area contributed by atoms with E-state index in [2.05, 4.69) is 15.9 Å². The van der Waals surface area contributed by atoms with Crippen molar-refractivity contribution >= 4 is 21.7 Å². The van der Waals surface area contributed by atoms with E-state index < -0.39 is 0 Å². The number of ketones is 1. The third-order valence-electron chi connectivity index (χ3n) is 3.15. The molecule has 0 saturated heterocycles. The number of aryl methyl sites for hydroxylation is 2. The monoisotopic (exact) mass is 320 g/mol. The molecule has 0 atom stereocenters. The van der Waals surface area contributed by atoms with Crippen LogP contribution in [0, 0.1) is 19.7 Å². The van der Waals surface area contributed by atoms with Crippen LogP contribution in [0.25, 0.3) is 0 Å². The lowest BCUT2D eigenvalue weighted by atomic mass is 9.97. The molecule has 0 aliphatic carbocycles. The molecule has 0 aromatic heterocycles. The third kappa shape index (κ3) is 3.29. The van der Waals surface area contributed by atoms with E-state index in [0.29, 0.717) is 5.56 Å². The molecule has 1 nitrogen and oxygen atoms in total. The Hall–Kier alpha value is -1.48. The van der Waals surface area contributed by atoms with Crippen molar-refractivity contribution in [3.05, 3.63) is 68.9 Å². The zero-order valence-electron chi connectivity index (χ0n) is 10.8. The Morgan fingerprint density at radius 2 is 1.84 bits per heavy atom. The lowest BCUT2D eigenvalue weighted by molar-refractivity contribution is 0.0992. The van der Waals surface area contributed by atoms with Crippen molar-refractivity contribution in [1.29, 1.82) is 0 Å². The van der Waals surface area contributed by atoms with Gasteiger partial charge in [0.1, 0.15) is 5.82 Å². The number of benzene rings is 2. The Morgan fingerprint density at radius 3 is 2.53 bits per heavy atom. The quantitative estimate of drug-likeness (QED) is 0.753. The van der Waals surface area contributed by atoms with Crippen molar-refractivity contribution in [3.8, 4) is 0 Å². The Kier molecular flexibility index (Phi) is 4.15. The average Bonchev–Trinajstić information content (AvgIpc) is 2.33. The first-order chi connectivity index (χ1) is 8.97. The van der Waals surface area contributed by atoms with Crippen LogP contribution in [-0.2, 0) is 6.42 Å². The lowest BCUT2D eigenvalue weighted by Gasteiger charge is -2.08. The summed E-state index contributed by atoms with van der Waals surface area (Å²) in [6.07, 6.45) is 0.228. The second-order valence-corrected chi connectivity index (χ2v) is 5.55. The van der Waals surface area contributed by atoms with E-state index in [1.165, 1.54) is 12.1 Å². The molecule has 3 heteroatoms. The first-order valence-corrected chi connectivity index (χ1v) is 6.81. The Labute approximate surface area is 120 Å². The topological polar surface area (TPSA) is 17.1 Å². The minimum absolute atomic E-state index is 0.0127. The fourth-order valence-electron chi connectivity index (χ4n) is 2.04. The van der Waals surface area contributed by atoms with E-state index in [4.69, 9.17) is 0 Å². The molecule has 0 bridgehead atoms. The van der Waals surface area contributed by atoms with E-state index in [-0.39, 0.29) is 18.0 Å². The number of carbonyl (C=O) groups is 1. The summed E-state index contributed by atoms with van der Waals surface area (Å²) < 4.78 is 14.2. The number of hydrogen-bond acceptors (Lipinski definition) is 1.